The molecule has 1 aromatic carbocycles. The highest BCUT2D eigenvalue weighted by Gasteiger charge is 2.09. The molecule has 13 heavy (non-hydrogen) atoms. The first-order valence-electron chi connectivity index (χ1n) is 3.54. The van der Waals surface area contributed by atoms with Gasteiger partial charge in [0.15, 0.2) is 0 Å². The van der Waals surface area contributed by atoms with Gasteiger partial charge in [0, 0.05) is 15.0 Å². The maximum absolute atomic E-state index is 8.89. The van der Waals surface area contributed by atoms with Crippen LogP contribution in [-0.4, -0.2) is 0 Å². The summed E-state index contributed by atoms with van der Waals surface area (Å²) in [6.45, 7) is 0. The number of hydrogen-bond acceptors (Lipinski definition) is 3. The van der Waals surface area contributed by atoms with Crippen LogP contribution < -0.4 is 0 Å². The van der Waals surface area contributed by atoms with Crippen molar-refractivity contribution in [3.8, 4) is 6.07 Å². The number of thiol groups is 1. The number of nitriles is 1. The van der Waals surface area contributed by atoms with Gasteiger partial charge in [-0.3, -0.25) is 0 Å². The number of thiophene rings is 1. The molecule has 1 nitrogen and oxygen atoms in total. The standard InChI is InChI=1S/C9H4INS2/c10-9-8(12)7-5(4-11)2-1-3-6(7)13-9/h1-3,12H. The number of rotatable bonds is 0. The Morgan fingerprint density at radius 1 is 1.46 bits per heavy atom. The van der Waals surface area contributed by atoms with Gasteiger partial charge in [-0.2, -0.15) is 5.26 Å². The highest BCUT2D eigenvalue weighted by atomic mass is 127. The Balaban J connectivity index is 2.97. The molecule has 0 N–H and O–H groups in total. The van der Waals surface area contributed by atoms with Gasteiger partial charge in [-0.25, -0.2) is 0 Å². The molecule has 0 unspecified atom stereocenters. The van der Waals surface area contributed by atoms with Gasteiger partial charge in [0.25, 0.3) is 0 Å². The molecular formula is C9H4INS2. The van der Waals surface area contributed by atoms with Crippen molar-refractivity contribution in [3.63, 3.8) is 0 Å². The average Bonchev–Trinajstić information content (AvgIpc) is 2.43. The Morgan fingerprint density at radius 3 is 2.92 bits per heavy atom. The van der Waals surface area contributed by atoms with Gasteiger partial charge in [0.1, 0.15) is 0 Å². The third kappa shape index (κ3) is 1.45. The lowest BCUT2D eigenvalue weighted by molar-refractivity contribution is 1.49. The van der Waals surface area contributed by atoms with Crippen molar-refractivity contribution in [1.82, 2.24) is 0 Å². The first kappa shape index (κ1) is 9.31. The zero-order valence-corrected chi connectivity index (χ0v) is 10.3. The molecule has 0 radical (unpaired) electrons. The Bertz CT molecular complexity index is 510. The van der Waals surface area contributed by atoms with E-state index in [2.05, 4.69) is 41.3 Å². The Kier molecular flexibility index (Phi) is 2.49. The Labute approximate surface area is 98.9 Å². The maximum Gasteiger partial charge on any atom is 0.0998 e. The minimum atomic E-state index is 0.710. The van der Waals surface area contributed by atoms with E-state index in [0.29, 0.717) is 5.56 Å². The number of nitrogens with zero attached hydrogens (tertiary/aromatic N) is 1. The molecule has 0 atom stereocenters. The zero-order chi connectivity index (χ0) is 9.42. The molecule has 0 amide bonds. The second kappa shape index (κ2) is 3.48. The van der Waals surface area contributed by atoms with Crippen molar-refractivity contribution in [2.45, 2.75) is 4.90 Å². The summed E-state index contributed by atoms with van der Waals surface area (Å²) < 4.78 is 2.27. The summed E-state index contributed by atoms with van der Waals surface area (Å²) in [5, 5.41) is 9.88. The summed E-state index contributed by atoms with van der Waals surface area (Å²) in [6, 6.07) is 7.92. The maximum atomic E-state index is 8.89. The van der Waals surface area contributed by atoms with E-state index in [1.807, 2.05) is 18.2 Å². The largest absolute Gasteiger partial charge is 0.192 e. The predicted octanol–water partition coefficient (Wildman–Crippen LogP) is 3.67. The van der Waals surface area contributed by atoms with Crippen LogP contribution in [0.4, 0.5) is 0 Å². The van der Waals surface area contributed by atoms with Crippen LogP contribution in [0.25, 0.3) is 10.1 Å². The second-order valence-corrected chi connectivity index (χ2v) is 5.83. The van der Waals surface area contributed by atoms with Gasteiger partial charge in [-0.05, 0) is 34.7 Å². The molecule has 2 rings (SSSR count). The van der Waals surface area contributed by atoms with E-state index < -0.39 is 0 Å². The van der Waals surface area contributed by atoms with E-state index in [0.717, 1.165) is 17.9 Å². The van der Waals surface area contributed by atoms with Crippen molar-refractivity contribution < 1.29 is 0 Å². The molecule has 0 spiro atoms. The third-order valence-electron chi connectivity index (χ3n) is 1.77. The molecule has 0 saturated carbocycles. The summed E-state index contributed by atoms with van der Waals surface area (Å²) in [4.78, 5) is 0.928. The van der Waals surface area contributed by atoms with Gasteiger partial charge < -0.3 is 0 Å². The van der Waals surface area contributed by atoms with Crippen molar-refractivity contribution in [1.29, 1.82) is 5.26 Å². The summed E-state index contributed by atoms with van der Waals surface area (Å²) in [5.41, 5.74) is 0.710. The Morgan fingerprint density at radius 2 is 2.23 bits per heavy atom. The fraction of sp³-hybridized carbons (Fsp3) is 0. The van der Waals surface area contributed by atoms with Crippen LogP contribution in [0.5, 0.6) is 0 Å². The number of hydrogen-bond donors (Lipinski definition) is 1. The molecule has 1 heterocycles. The smallest absolute Gasteiger partial charge is 0.0998 e. The molecule has 0 fully saturated rings. The minimum absolute atomic E-state index is 0.710. The van der Waals surface area contributed by atoms with Crippen molar-refractivity contribution in [3.05, 3.63) is 26.6 Å². The van der Waals surface area contributed by atoms with E-state index in [4.69, 9.17) is 5.26 Å². The van der Waals surface area contributed by atoms with Crippen molar-refractivity contribution in [2.24, 2.45) is 0 Å². The Hall–Kier alpha value is -0.250. The quantitative estimate of drug-likeness (QED) is 0.582. The van der Waals surface area contributed by atoms with E-state index in [9.17, 15) is 0 Å². The molecule has 0 bridgehead atoms. The van der Waals surface area contributed by atoms with Gasteiger partial charge in [-0.1, -0.05) is 6.07 Å². The summed E-state index contributed by atoms with van der Waals surface area (Å²) in [7, 11) is 0. The summed E-state index contributed by atoms with van der Waals surface area (Å²) >= 11 is 8.30. The summed E-state index contributed by atoms with van der Waals surface area (Å²) in [5.74, 6) is 0. The topological polar surface area (TPSA) is 23.8 Å². The predicted molar refractivity (Wildman–Crippen MR) is 66.5 cm³/mol. The first-order chi connectivity index (χ1) is 6.24. The molecule has 64 valence electrons. The van der Waals surface area contributed by atoms with Crippen LogP contribution in [0.1, 0.15) is 5.56 Å². The molecular weight excluding hydrogens is 313 g/mol. The van der Waals surface area contributed by atoms with Gasteiger partial charge >= 0.3 is 0 Å². The SMILES string of the molecule is N#Cc1cccc2sc(I)c(S)c12. The zero-order valence-electron chi connectivity index (χ0n) is 6.41. The lowest BCUT2D eigenvalue weighted by atomic mass is 10.1. The van der Waals surface area contributed by atoms with Gasteiger partial charge in [0.2, 0.25) is 0 Å². The molecule has 4 heteroatoms. The van der Waals surface area contributed by atoms with Gasteiger partial charge in [0.05, 0.1) is 14.5 Å². The first-order valence-corrected chi connectivity index (χ1v) is 5.88. The molecule has 0 aliphatic rings. The van der Waals surface area contributed by atoms with E-state index >= 15 is 0 Å². The number of fused-ring (bicyclic) bond motifs is 1. The van der Waals surface area contributed by atoms with Crippen LogP contribution in [0.2, 0.25) is 0 Å². The number of halogens is 1. The molecule has 1 aromatic heterocycles. The van der Waals surface area contributed by atoms with E-state index in [1.165, 1.54) is 0 Å². The normalized spacial score (nSPS) is 10.2. The lowest BCUT2D eigenvalue weighted by Crippen LogP contribution is -1.74. The third-order valence-corrected chi connectivity index (χ3v) is 4.94. The molecule has 2 aromatic rings. The highest BCUT2D eigenvalue weighted by Crippen LogP contribution is 2.36. The molecule has 0 aliphatic carbocycles. The van der Waals surface area contributed by atoms with Crippen LogP contribution in [0.15, 0.2) is 23.1 Å². The lowest BCUT2D eigenvalue weighted by Gasteiger charge is -1.92. The highest BCUT2D eigenvalue weighted by molar-refractivity contribution is 14.1. The fourth-order valence-corrected chi connectivity index (χ4v) is 3.48. The van der Waals surface area contributed by atoms with Crippen LogP contribution in [0, 0.1) is 14.2 Å². The van der Waals surface area contributed by atoms with Crippen LogP contribution in [0.3, 0.4) is 0 Å². The van der Waals surface area contributed by atoms with E-state index in [1.54, 1.807) is 11.3 Å². The van der Waals surface area contributed by atoms with E-state index in [-0.39, 0.29) is 0 Å². The average molecular weight is 317 g/mol. The second-order valence-electron chi connectivity index (χ2n) is 2.51. The fourth-order valence-electron chi connectivity index (χ4n) is 1.20. The van der Waals surface area contributed by atoms with Crippen molar-refractivity contribution in [2.75, 3.05) is 0 Å². The van der Waals surface area contributed by atoms with Crippen LogP contribution in [-0.2, 0) is 0 Å². The monoisotopic (exact) mass is 317 g/mol. The van der Waals surface area contributed by atoms with Gasteiger partial charge in [-0.15, -0.1) is 24.0 Å². The molecule has 0 saturated heterocycles. The summed E-state index contributed by atoms with van der Waals surface area (Å²) in [6.07, 6.45) is 0. The van der Waals surface area contributed by atoms with Crippen LogP contribution >= 0.6 is 46.6 Å². The minimum Gasteiger partial charge on any atom is -0.192 e. The number of benzene rings is 1. The van der Waals surface area contributed by atoms with Crippen molar-refractivity contribution >= 4 is 56.6 Å². The molecule has 0 aliphatic heterocycles.